The summed E-state index contributed by atoms with van der Waals surface area (Å²) >= 11 is 0. The van der Waals surface area contributed by atoms with Crippen molar-refractivity contribution in [2.24, 2.45) is 5.41 Å². The van der Waals surface area contributed by atoms with Crippen molar-refractivity contribution < 1.29 is 57.4 Å². The molecular formula is C7H18O12P2. The van der Waals surface area contributed by atoms with Gasteiger partial charge in [-0.2, -0.15) is 4.31 Å². The van der Waals surface area contributed by atoms with E-state index in [0.29, 0.717) is 0 Å². The Bertz CT molecular complexity index is 389. The van der Waals surface area contributed by atoms with Crippen molar-refractivity contribution >= 4 is 15.6 Å². The van der Waals surface area contributed by atoms with E-state index in [1.807, 2.05) is 0 Å². The molecule has 0 amide bonds. The van der Waals surface area contributed by atoms with Crippen molar-refractivity contribution in [1.82, 2.24) is 0 Å². The topological polar surface area (TPSA) is 181 Å². The van der Waals surface area contributed by atoms with Crippen LogP contribution in [0.1, 0.15) is 0 Å². The lowest BCUT2D eigenvalue weighted by Gasteiger charge is -2.34. The van der Waals surface area contributed by atoms with Gasteiger partial charge < -0.3 is 29.6 Å². The highest BCUT2D eigenvalue weighted by molar-refractivity contribution is 7.60. The summed E-state index contributed by atoms with van der Waals surface area (Å²) in [6.45, 7) is -2.56. The minimum Gasteiger partial charge on any atom is -0.395 e. The van der Waals surface area contributed by atoms with E-state index >= 15 is 0 Å². The van der Waals surface area contributed by atoms with Crippen molar-refractivity contribution in [3.05, 3.63) is 0 Å². The Morgan fingerprint density at radius 1 is 1.10 bits per heavy atom. The number of phosphoric acid groups is 2. The molecule has 0 aromatic heterocycles. The van der Waals surface area contributed by atoms with Gasteiger partial charge >= 0.3 is 15.6 Å². The first kappa shape index (κ1) is 21.1. The van der Waals surface area contributed by atoms with E-state index in [-0.39, 0.29) is 0 Å². The first-order chi connectivity index (χ1) is 9.55. The predicted octanol–water partition coefficient (Wildman–Crippen LogP) is -1.27. The van der Waals surface area contributed by atoms with Crippen molar-refractivity contribution in [2.45, 2.75) is 6.29 Å². The Balaban J connectivity index is 5.01. The van der Waals surface area contributed by atoms with Gasteiger partial charge in [-0.1, -0.05) is 0 Å². The van der Waals surface area contributed by atoms with Gasteiger partial charge in [0, 0.05) is 7.11 Å². The van der Waals surface area contributed by atoms with Gasteiger partial charge in [0.1, 0.15) is 0 Å². The first-order valence-electron chi connectivity index (χ1n) is 5.24. The van der Waals surface area contributed by atoms with Gasteiger partial charge in [-0.3, -0.25) is 4.52 Å². The summed E-state index contributed by atoms with van der Waals surface area (Å²) in [7, 11) is -8.18. The molecule has 0 fully saturated rings. The zero-order valence-electron chi connectivity index (χ0n) is 11.2. The van der Waals surface area contributed by atoms with E-state index in [1.54, 1.807) is 0 Å². The van der Waals surface area contributed by atoms with Crippen LogP contribution in [0.3, 0.4) is 0 Å². The average Bonchev–Trinajstić information content (AvgIpc) is 2.36. The molecule has 0 aliphatic rings. The van der Waals surface area contributed by atoms with Crippen LogP contribution in [0.2, 0.25) is 0 Å². The monoisotopic (exact) mass is 356 g/mol. The van der Waals surface area contributed by atoms with E-state index in [9.17, 15) is 19.3 Å². The Kier molecular flexibility index (Phi) is 8.65. The van der Waals surface area contributed by atoms with E-state index in [1.165, 1.54) is 0 Å². The Labute approximate surface area is 119 Å². The van der Waals surface area contributed by atoms with Crippen molar-refractivity contribution in [1.29, 1.82) is 0 Å². The summed E-state index contributed by atoms with van der Waals surface area (Å²) in [4.78, 5) is 35.0. The lowest BCUT2D eigenvalue weighted by Crippen LogP contribution is -2.48. The molecule has 14 heteroatoms. The van der Waals surface area contributed by atoms with E-state index in [0.717, 1.165) is 14.2 Å². The van der Waals surface area contributed by atoms with E-state index in [4.69, 9.17) is 19.4 Å². The van der Waals surface area contributed by atoms with Crippen molar-refractivity contribution in [2.75, 3.05) is 34.0 Å². The maximum atomic E-state index is 11.3. The summed E-state index contributed by atoms with van der Waals surface area (Å²) in [6, 6.07) is 0. The fraction of sp³-hybridized carbons (Fsp3) is 1.00. The summed E-state index contributed by atoms with van der Waals surface area (Å²) in [5.74, 6) is 0. The van der Waals surface area contributed by atoms with Crippen LogP contribution in [0.5, 0.6) is 0 Å². The SMILES string of the molecule is COOC(OC)C(CO)(CO)COP(=O)(O)OP(=O)(O)O. The van der Waals surface area contributed by atoms with Crippen LogP contribution in [0.25, 0.3) is 0 Å². The van der Waals surface area contributed by atoms with Crippen LogP contribution < -0.4 is 0 Å². The maximum absolute atomic E-state index is 11.3. The van der Waals surface area contributed by atoms with Crippen molar-refractivity contribution in [3.8, 4) is 0 Å². The quantitative estimate of drug-likeness (QED) is 0.128. The molecule has 21 heavy (non-hydrogen) atoms. The molecule has 0 rings (SSSR count). The van der Waals surface area contributed by atoms with Gasteiger partial charge in [0.25, 0.3) is 0 Å². The summed E-state index contributed by atoms with van der Waals surface area (Å²) < 4.78 is 34.5. The van der Waals surface area contributed by atoms with Crippen LogP contribution in [0, 0.1) is 5.41 Å². The van der Waals surface area contributed by atoms with Gasteiger partial charge in [0.15, 0.2) is 0 Å². The first-order valence-corrected chi connectivity index (χ1v) is 8.26. The fourth-order valence-corrected chi connectivity index (χ4v) is 2.89. The summed E-state index contributed by atoms with van der Waals surface area (Å²) in [5.41, 5.74) is -1.76. The highest BCUT2D eigenvalue weighted by atomic mass is 31.3. The average molecular weight is 356 g/mol. The number of rotatable bonds is 11. The van der Waals surface area contributed by atoms with E-state index < -0.39 is 47.2 Å². The zero-order valence-corrected chi connectivity index (χ0v) is 13.0. The highest BCUT2D eigenvalue weighted by Crippen LogP contribution is 2.58. The highest BCUT2D eigenvalue weighted by Gasteiger charge is 2.44. The normalized spacial score (nSPS) is 17.5. The molecule has 0 saturated heterocycles. The zero-order chi connectivity index (χ0) is 16.7. The minimum atomic E-state index is -5.28. The predicted molar refractivity (Wildman–Crippen MR) is 64.4 cm³/mol. The van der Waals surface area contributed by atoms with Gasteiger partial charge in [0.2, 0.25) is 6.29 Å². The molecule has 2 unspecified atom stereocenters. The standard InChI is InChI=1S/C7H18O12P2/c1-15-6(18-16-2)7(3-8,4-9)5-17-21(13,14)19-20(10,11)12/h6,8-9H,3-5H2,1-2H3,(H,13,14)(H2,10,11,12). The largest absolute Gasteiger partial charge is 0.481 e. The number of phosphoric ester groups is 1. The van der Waals surface area contributed by atoms with E-state index in [2.05, 4.69) is 18.6 Å². The molecule has 0 bridgehead atoms. The Hall–Kier alpha value is 0.0600. The second-order valence-electron chi connectivity index (χ2n) is 3.82. The Morgan fingerprint density at radius 3 is 1.95 bits per heavy atom. The second-order valence-corrected chi connectivity index (χ2v) is 6.65. The number of methoxy groups -OCH3 is 1. The second kappa shape index (κ2) is 8.63. The molecule has 0 spiro atoms. The molecular weight excluding hydrogens is 338 g/mol. The van der Waals surface area contributed by atoms with Gasteiger partial charge in [-0.15, -0.1) is 0 Å². The third-order valence-electron chi connectivity index (χ3n) is 2.25. The van der Waals surface area contributed by atoms with Gasteiger partial charge in [-0.25, -0.2) is 18.9 Å². The third kappa shape index (κ3) is 7.24. The maximum Gasteiger partial charge on any atom is 0.481 e. The number of hydrogen-bond acceptors (Lipinski definition) is 9. The van der Waals surface area contributed by atoms with Crippen LogP contribution in [0.4, 0.5) is 0 Å². The molecule has 0 aromatic carbocycles. The lowest BCUT2D eigenvalue weighted by atomic mass is 9.90. The molecule has 0 saturated carbocycles. The number of hydrogen-bond donors (Lipinski definition) is 5. The van der Waals surface area contributed by atoms with Gasteiger partial charge in [-0.05, 0) is 0 Å². The van der Waals surface area contributed by atoms with Crippen molar-refractivity contribution in [3.63, 3.8) is 0 Å². The lowest BCUT2D eigenvalue weighted by molar-refractivity contribution is -0.393. The molecule has 0 radical (unpaired) electrons. The molecule has 5 N–H and O–H groups in total. The molecule has 128 valence electrons. The number of ether oxygens (including phenoxy) is 1. The minimum absolute atomic E-state index is 0.832. The Morgan fingerprint density at radius 2 is 1.62 bits per heavy atom. The molecule has 0 aliphatic carbocycles. The van der Waals surface area contributed by atoms with Crippen LogP contribution in [-0.4, -0.2) is 65.2 Å². The molecule has 12 nitrogen and oxygen atoms in total. The summed E-state index contributed by atoms with van der Waals surface area (Å²) in [5, 5.41) is 18.6. The number of aliphatic hydroxyl groups excluding tert-OH is 2. The molecule has 0 aliphatic heterocycles. The third-order valence-corrected chi connectivity index (χ3v) is 4.38. The van der Waals surface area contributed by atoms with Gasteiger partial charge in [0.05, 0.1) is 32.3 Å². The molecule has 0 aromatic rings. The smallest absolute Gasteiger partial charge is 0.395 e. The van der Waals surface area contributed by atoms with Crippen LogP contribution in [-0.2, 0) is 32.5 Å². The molecule has 0 heterocycles. The molecule has 2 atom stereocenters. The van der Waals surface area contributed by atoms with Crippen LogP contribution >= 0.6 is 15.6 Å². The fourth-order valence-electron chi connectivity index (χ4n) is 1.21. The number of aliphatic hydroxyl groups is 2. The summed E-state index contributed by atoms with van der Waals surface area (Å²) in [6.07, 6.45) is -1.41. The van der Waals surface area contributed by atoms with Crippen LogP contribution in [0.15, 0.2) is 0 Å².